The molecule has 2 nitrogen and oxygen atoms in total. The summed E-state index contributed by atoms with van der Waals surface area (Å²) in [5.74, 6) is 0. The quantitative estimate of drug-likeness (QED) is 0.362. The summed E-state index contributed by atoms with van der Waals surface area (Å²) in [4.78, 5) is 0. The van der Waals surface area contributed by atoms with Crippen LogP contribution in [-0.2, 0) is 0 Å². The summed E-state index contributed by atoms with van der Waals surface area (Å²) < 4.78 is 1.92. The normalized spacial score (nSPS) is 11.0. The maximum absolute atomic E-state index is 6.25. The van der Waals surface area contributed by atoms with Gasteiger partial charge in [-0.05, 0) is 38.1 Å². The fraction of sp³-hybridized carbons (Fsp3) is 0.0870. The molecule has 4 heteroatoms. The second kappa shape index (κ2) is 7.22. The van der Waals surface area contributed by atoms with E-state index in [9.17, 15) is 0 Å². The Bertz CT molecular complexity index is 1090. The van der Waals surface area contributed by atoms with Gasteiger partial charge in [0.05, 0.1) is 27.1 Å². The average molecular weight is 393 g/mol. The van der Waals surface area contributed by atoms with Gasteiger partial charge in [0, 0.05) is 11.1 Å². The van der Waals surface area contributed by atoms with Gasteiger partial charge in [0.2, 0.25) is 0 Å². The Hall–Kier alpha value is -2.55. The molecule has 0 spiro atoms. The Kier molecular flexibility index (Phi) is 4.77. The lowest BCUT2D eigenvalue weighted by molar-refractivity contribution is 0.892. The lowest BCUT2D eigenvalue weighted by Gasteiger charge is -2.09. The van der Waals surface area contributed by atoms with Crippen LogP contribution < -0.4 is 0 Å². The van der Waals surface area contributed by atoms with Gasteiger partial charge in [-0.1, -0.05) is 82.9 Å². The topological polar surface area (TPSA) is 17.8 Å². The number of hydrogen-bond acceptors (Lipinski definition) is 1. The molecule has 1 aromatic heterocycles. The van der Waals surface area contributed by atoms with E-state index in [2.05, 4.69) is 68.4 Å². The molecular weight excluding hydrogens is 375 g/mol. The van der Waals surface area contributed by atoms with Crippen molar-refractivity contribution in [3.05, 3.63) is 94.0 Å². The van der Waals surface area contributed by atoms with Crippen LogP contribution in [-0.4, -0.2) is 9.78 Å². The molecule has 0 saturated carbocycles. The van der Waals surface area contributed by atoms with E-state index >= 15 is 0 Å². The number of rotatable bonds is 3. The highest BCUT2D eigenvalue weighted by atomic mass is 35.5. The number of hydrogen-bond donors (Lipinski definition) is 0. The van der Waals surface area contributed by atoms with Crippen LogP contribution in [0, 0.1) is 13.8 Å². The summed E-state index contributed by atoms with van der Waals surface area (Å²) in [6, 6.07) is 24.5. The molecule has 1 heterocycles. The zero-order valence-corrected chi connectivity index (χ0v) is 16.6. The van der Waals surface area contributed by atoms with Crippen molar-refractivity contribution in [3.8, 4) is 28.2 Å². The number of benzene rings is 3. The van der Waals surface area contributed by atoms with E-state index in [1.165, 1.54) is 11.1 Å². The minimum Gasteiger partial charge on any atom is -0.232 e. The van der Waals surface area contributed by atoms with Crippen LogP contribution in [0.5, 0.6) is 0 Å². The summed E-state index contributed by atoms with van der Waals surface area (Å²) in [5, 5.41) is 5.91. The minimum absolute atomic E-state index is 0.511. The molecule has 0 N–H and O–H groups in total. The molecule has 0 amide bonds. The first kappa shape index (κ1) is 17.8. The number of aryl methyl sites for hydroxylation is 2. The highest BCUT2D eigenvalue weighted by molar-refractivity contribution is 6.42. The largest absolute Gasteiger partial charge is 0.232 e. The zero-order valence-electron chi connectivity index (χ0n) is 15.1. The minimum atomic E-state index is 0.511. The zero-order chi connectivity index (χ0) is 19.0. The molecule has 0 atom stereocenters. The summed E-state index contributed by atoms with van der Waals surface area (Å²) in [5.41, 5.74) is 7.41. The van der Waals surface area contributed by atoms with Gasteiger partial charge in [-0.3, -0.25) is 0 Å². The fourth-order valence-corrected chi connectivity index (χ4v) is 3.28. The summed E-state index contributed by atoms with van der Waals surface area (Å²) >= 11 is 12.3. The SMILES string of the molecule is Cc1ccc(-c2cc(-c3ccc(C)cc3)n(-c3ccc(Cl)c(Cl)c3)n2)cc1. The summed E-state index contributed by atoms with van der Waals surface area (Å²) in [6.07, 6.45) is 0. The van der Waals surface area contributed by atoms with E-state index in [1.807, 2.05) is 16.8 Å². The van der Waals surface area contributed by atoms with Gasteiger partial charge >= 0.3 is 0 Å². The third-order valence-corrected chi connectivity index (χ3v) is 5.29. The van der Waals surface area contributed by atoms with Crippen LogP contribution in [0.3, 0.4) is 0 Å². The van der Waals surface area contributed by atoms with Crippen LogP contribution in [0.4, 0.5) is 0 Å². The smallest absolute Gasteiger partial charge is 0.0934 e. The van der Waals surface area contributed by atoms with Gasteiger partial charge < -0.3 is 0 Å². The van der Waals surface area contributed by atoms with Gasteiger partial charge in [-0.25, -0.2) is 4.68 Å². The standard InChI is InChI=1S/C23H18Cl2N2/c1-15-3-7-17(8-4-15)22-14-23(18-9-5-16(2)6-10-18)27(26-22)19-11-12-20(24)21(25)13-19/h3-14H,1-2H3. The van der Waals surface area contributed by atoms with Gasteiger partial charge in [0.15, 0.2) is 0 Å². The lowest BCUT2D eigenvalue weighted by Crippen LogP contribution is -1.99. The molecule has 4 rings (SSSR count). The van der Waals surface area contributed by atoms with Crippen LogP contribution in [0.2, 0.25) is 10.0 Å². The van der Waals surface area contributed by atoms with Crippen molar-refractivity contribution >= 4 is 23.2 Å². The van der Waals surface area contributed by atoms with Crippen molar-refractivity contribution in [3.63, 3.8) is 0 Å². The molecule has 0 unspecified atom stereocenters. The Morgan fingerprint density at radius 3 is 1.85 bits per heavy atom. The van der Waals surface area contributed by atoms with Crippen LogP contribution in [0.15, 0.2) is 72.8 Å². The van der Waals surface area contributed by atoms with Crippen molar-refractivity contribution in [2.45, 2.75) is 13.8 Å². The molecule has 0 aliphatic heterocycles. The Morgan fingerprint density at radius 1 is 0.667 bits per heavy atom. The summed E-state index contributed by atoms with van der Waals surface area (Å²) in [7, 11) is 0. The first-order valence-corrected chi connectivity index (χ1v) is 9.46. The molecule has 0 aliphatic carbocycles. The first-order valence-electron chi connectivity index (χ1n) is 8.71. The monoisotopic (exact) mass is 392 g/mol. The molecule has 0 radical (unpaired) electrons. The molecule has 0 aliphatic rings. The van der Waals surface area contributed by atoms with E-state index in [0.717, 1.165) is 28.2 Å². The van der Waals surface area contributed by atoms with Crippen molar-refractivity contribution in [2.75, 3.05) is 0 Å². The van der Waals surface area contributed by atoms with Crippen LogP contribution in [0.1, 0.15) is 11.1 Å². The Morgan fingerprint density at radius 2 is 1.26 bits per heavy atom. The molecule has 0 bridgehead atoms. The maximum atomic E-state index is 6.25. The van der Waals surface area contributed by atoms with Gasteiger partial charge in [0.25, 0.3) is 0 Å². The van der Waals surface area contributed by atoms with Crippen LogP contribution in [0.25, 0.3) is 28.2 Å². The molecule has 134 valence electrons. The van der Waals surface area contributed by atoms with Crippen molar-refractivity contribution < 1.29 is 0 Å². The fourth-order valence-electron chi connectivity index (χ4n) is 2.99. The van der Waals surface area contributed by atoms with Gasteiger partial charge in [-0.15, -0.1) is 0 Å². The number of aromatic nitrogens is 2. The highest BCUT2D eigenvalue weighted by Gasteiger charge is 2.14. The number of nitrogens with zero attached hydrogens (tertiary/aromatic N) is 2. The Balaban J connectivity index is 1.90. The average Bonchev–Trinajstić information content (AvgIpc) is 3.10. The molecule has 4 aromatic rings. The molecule has 27 heavy (non-hydrogen) atoms. The highest BCUT2D eigenvalue weighted by Crippen LogP contribution is 2.31. The third-order valence-electron chi connectivity index (χ3n) is 4.55. The lowest BCUT2D eigenvalue weighted by atomic mass is 10.1. The van der Waals surface area contributed by atoms with E-state index < -0.39 is 0 Å². The molecule has 0 saturated heterocycles. The summed E-state index contributed by atoms with van der Waals surface area (Å²) in [6.45, 7) is 4.16. The Labute approximate surface area is 169 Å². The van der Waals surface area contributed by atoms with Crippen molar-refractivity contribution in [1.82, 2.24) is 9.78 Å². The van der Waals surface area contributed by atoms with E-state index in [1.54, 1.807) is 6.07 Å². The predicted molar refractivity (Wildman–Crippen MR) is 114 cm³/mol. The van der Waals surface area contributed by atoms with Crippen molar-refractivity contribution in [2.24, 2.45) is 0 Å². The van der Waals surface area contributed by atoms with Crippen LogP contribution >= 0.6 is 23.2 Å². The first-order chi connectivity index (χ1) is 13.0. The van der Waals surface area contributed by atoms with E-state index in [0.29, 0.717) is 10.0 Å². The number of halogens is 2. The van der Waals surface area contributed by atoms with Crippen molar-refractivity contribution in [1.29, 1.82) is 0 Å². The van der Waals surface area contributed by atoms with E-state index in [4.69, 9.17) is 28.3 Å². The third kappa shape index (κ3) is 3.64. The second-order valence-electron chi connectivity index (χ2n) is 6.66. The maximum Gasteiger partial charge on any atom is 0.0934 e. The van der Waals surface area contributed by atoms with Gasteiger partial charge in [0.1, 0.15) is 0 Å². The predicted octanol–water partition coefficient (Wildman–Crippen LogP) is 7.13. The van der Waals surface area contributed by atoms with E-state index in [-0.39, 0.29) is 0 Å². The molecule has 0 fully saturated rings. The molecular formula is C23H18Cl2N2. The van der Waals surface area contributed by atoms with Gasteiger partial charge in [-0.2, -0.15) is 5.10 Å². The second-order valence-corrected chi connectivity index (χ2v) is 7.47. The molecule has 3 aromatic carbocycles.